The van der Waals surface area contributed by atoms with Gasteiger partial charge in [0, 0.05) is 5.41 Å². The van der Waals surface area contributed by atoms with Crippen molar-refractivity contribution in [2.45, 2.75) is 51.3 Å². The number of hydrogen-bond acceptors (Lipinski definition) is 5. The molecule has 3 atom stereocenters. The molecule has 1 aromatic heterocycles. The standard InChI is InChI=1S/C14H21N3O2S/c1-13(2)9-4-5-14(13,3)10(6-9)19-11(18)7-20-12-15-8-16-17-12/h8-10H,4-7H2,1-3H3,(H,15,16,17). The molecule has 1 N–H and O–H groups in total. The Morgan fingerprint density at radius 1 is 1.55 bits per heavy atom. The van der Waals surface area contributed by atoms with E-state index in [1.807, 2.05) is 0 Å². The highest BCUT2D eigenvalue weighted by Crippen LogP contribution is 2.66. The van der Waals surface area contributed by atoms with Crippen LogP contribution in [0.25, 0.3) is 0 Å². The third-order valence-corrected chi connectivity index (χ3v) is 6.56. The summed E-state index contributed by atoms with van der Waals surface area (Å²) in [6, 6.07) is 0. The SMILES string of the molecule is CC1(C)C2CCC1(C)C(OC(=O)CSc1ncn[nH]1)C2. The van der Waals surface area contributed by atoms with Crippen LogP contribution in [0, 0.1) is 16.7 Å². The number of nitrogens with one attached hydrogen (secondary N) is 1. The first-order valence-electron chi connectivity index (χ1n) is 7.11. The first-order valence-corrected chi connectivity index (χ1v) is 8.10. The van der Waals surface area contributed by atoms with E-state index in [1.54, 1.807) is 0 Å². The highest BCUT2D eigenvalue weighted by molar-refractivity contribution is 7.99. The minimum absolute atomic E-state index is 0.0686. The summed E-state index contributed by atoms with van der Waals surface area (Å²) in [4.78, 5) is 16.0. The monoisotopic (exact) mass is 295 g/mol. The van der Waals surface area contributed by atoms with Gasteiger partial charge in [-0.05, 0) is 30.6 Å². The van der Waals surface area contributed by atoms with E-state index in [4.69, 9.17) is 4.74 Å². The molecule has 1 heterocycles. The number of nitrogens with zero attached hydrogens (tertiary/aromatic N) is 2. The number of ether oxygens (including phenoxy) is 1. The lowest BCUT2D eigenvalue weighted by Gasteiger charge is -2.38. The number of rotatable bonds is 4. The molecule has 110 valence electrons. The van der Waals surface area contributed by atoms with Gasteiger partial charge in [-0.15, -0.1) is 0 Å². The first-order chi connectivity index (χ1) is 9.43. The Labute approximate surface area is 123 Å². The first kappa shape index (κ1) is 13.9. The summed E-state index contributed by atoms with van der Waals surface area (Å²) in [7, 11) is 0. The second kappa shape index (κ2) is 4.76. The number of H-pyrrole nitrogens is 1. The number of fused-ring (bicyclic) bond motifs is 2. The van der Waals surface area contributed by atoms with Crippen molar-refractivity contribution in [2.75, 3.05) is 5.75 Å². The van der Waals surface area contributed by atoms with Gasteiger partial charge < -0.3 is 4.74 Å². The molecule has 0 saturated heterocycles. The van der Waals surface area contributed by atoms with E-state index in [9.17, 15) is 4.79 Å². The normalized spacial score (nSPS) is 34.4. The van der Waals surface area contributed by atoms with Gasteiger partial charge in [0.2, 0.25) is 0 Å². The van der Waals surface area contributed by atoms with Crippen LogP contribution in [0.2, 0.25) is 0 Å². The molecule has 6 heteroatoms. The van der Waals surface area contributed by atoms with Crippen molar-refractivity contribution in [3.8, 4) is 0 Å². The maximum atomic E-state index is 12.0. The molecule has 3 rings (SSSR count). The number of carbonyl (C=O) groups is 1. The van der Waals surface area contributed by atoms with Crippen LogP contribution in [0.5, 0.6) is 0 Å². The molecule has 3 unspecified atom stereocenters. The van der Waals surface area contributed by atoms with Crippen LogP contribution < -0.4 is 0 Å². The largest absolute Gasteiger partial charge is 0.461 e. The molecule has 0 aromatic carbocycles. The fraction of sp³-hybridized carbons (Fsp3) is 0.786. The van der Waals surface area contributed by atoms with Crippen molar-refractivity contribution in [3.63, 3.8) is 0 Å². The average molecular weight is 295 g/mol. The van der Waals surface area contributed by atoms with Gasteiger partial charge in [0.15, 0.2) is 5.16 Å². The molecule has 2 aliphatic carbocycles. The van der Waals surface area contributed by atoms with E-state index in [0.717, 1.165) is 12.8 Å². The summed E-state index contributed by atoms with van der Waals surface area (Å²) < 4.78 is 5.76. The molecule has 5 nitrogen and oxygen atoms in total. The van der Waals surface area contributed by atoms with Crippen LogP contribution in [0.15, 0.2) is 11.5 Å². The van der Waals surface area contributed by atoms with Crippen LogP contribution in [0.1, 0.15) is 40.0 Å². The zero-order valence-electron chi connectivity index (χ0n) is 12.2. The smallest absolute Gasteiger partial charge is 0.316 e. The van der Waals surface area contributed by atoms with Crippen LogP contribution in [-0.2, 0) is 9.53 Å². The number of aromatic nitrogens is 3. The maximum Gasteiger partial charge on any atom is 0.316 e. The number of hydrogen-bond donors (Lipinski definition) is 1. The molecule has 0 spiro atoms. The van der Waals surface area contributed by atoms with Gasteiger partial charge in [-0.3, -0.25) is 9.89 Å². The van der Waals surface area contributed by atoms with Crippen LogP contribution in [0.3, 0.4) is 0 Å². The van der Waals surface area contributed by atoms with Crippen molar-refractivity contribution in [3.05, 3.63) is 6.33 Å². The summed E-state index contributed by atoms with van der Waals surface area (Å²) in [5, 5.41) is 7.14. The van der Waals surface area contributed by atoms with Crippen LogP contribution in [0.4, 0.5) is 0 Å². The fourth-order valence-electron chi connectivity index (χ4n) is 3.89. The molecule has 2 aliphatic rings. The second-order valence-electron chi connectivity index (χ2n) is 6.67. The van der Waals surface area contributed by atoms with Crippen molar-refractivity contribution < 1.29 is 9.53 Å². The van der Waals surface area contributed by atoms with E-state index >= 15 is 0 Å². The van der Waals surface area contributed by atoms with Crippen molar-refractivity contribution in [1.82, 2.24) is 15.2 Å². The third kappa shape index (κ3) is 2.05. The number of thioether (sulfide) groups is 1. The molecule has 0 aliphatic heterocycles. The second-order valence-corrected chi connectivity index (χ2v) is 7.63. The summed E-state index contributed by atoms with van der Waals surface area (Å²) >= 11 is 1.33. The molecule has 2 fully saturated rings. The van der Waals surface area contributed by atoms with Gasteiger partial charge in [-0.1, -0.05) is 32.5 Å². The molecule has 20 heavy (non-hydrogen) atoms. The zero-order chi connectivity index (χ0) is 14.4. The topological polar surface area (TPSA) is 67.9 Å². The van der Waals surface area contributed by atoms with E-state index in [2.05, 4.69) is 36.0 Å². The summed E-state index contributed by atoms with van der Waals surface area (Å²) in [5.41, 5.74) is 0.403. The molecule has 0 amide bonds. The van der Waals surface area contributed by atoms with E-state index in [0.29, 0.717) is 11.1 Å². The lowest BCUT2D eigenvalue weighted by Crippen LogP contribution is -2.38. The molecular formula is C14H21N3O2S. The molecule has 1 aromatic rings. The Bertz CT molecular complexity index is 503. The van der Waals surface area contributed by atoms with Crippen LogP contribution >= 0.6 is 11.8 Å². The Morgan fingerprint density at radius 2 is 2.35 bits per heavy atom. The van der Waals surface area contributed by atoms with E-state index < -0.39 is 0 Å². The minimum atomic E-state index is -0.152. The van der Waals surface area contributed by atoms with Crippen molar-refractivity contribution in [2.24, 2.45) is 16.7 Å². The van der Waals surface area contributed by atoms with Crippen LogP contribution in [-0.4, -0.2) is 33.0 Å². The predicted octanol–water partition coefficient (Wildman–Crippen LogP) is 2.65. The summed E-state index contributed by atoms with van der Waals surface area (Å²) in [6.45, 7) is 6.92. The lowest BCUT2D eigenvalue weighted by molar-refractivity contribution is -0.153. The van der Waals surface area contributed by atoms with Gasteiger partial charge in [-0.2, -0.15) is 5.10 Å². The van der Waals surface area contributed by atoms with E-state index in [-0.39, 0.29) is 28.7 Å². The zero-order valence-corrected chi connectivity index (χ0v) is 13.0. The van der Waals surface area contributed by atoms with Crippen molar-refractivity contribution >= 4 is 17.7 Å². The molecule has 2 bridgehead atoms. The Kier molecular flexibility index (Phi) is 3.31. The molecule has 0 radical (unpaired) electrons. The summed E-state index contributed by atoms with van der Waals surface area (Å²) in [6.07, 6.45) is 4.96. The highest BCUT2D eigenvalue weighted by atomic mass is 32.2. The summed E-state index contributed by atoms with van der Waals surface area (Å²) in [5.74, 6) is 0.820. The highest BCUT2D eigenvalue weighted by Gasteiger charge is 2.62. The van der Waals surface area contributed by atoms with Gasteiger partial charge in [0.1, 0.15) is 12.4 Å². The number of aromatic amines is 1. The van der Waals surface area contributed by atoms with Gasteiger partial charge >= 0.3 is 5.97 Å². The fourth-order valence-corrected chi connectivity index (χ4v) is 4.45. The number of carbonyl (C=O) groups excluding carboxylic acids is 1. The Balaban J connectivity index is 1.58. The third-order valence-electron chi connectivity index (χ3n) is 5.71. The van der Waals surface area contributed by atoms with E-state index in [1.165, 1.54) is 24.5 Å². The lowest BCUT2D eigenvalue weighted by atomic mass is 9.70. The average Bonchev–Trinajstić information content (AvgIpc) is 3.02. The molecule has 2 saturated carbocycles. The Hall–Kier alpha value is -1.04. The van der Waals surface area contributed by atoms with Gasteiger partial charge in [0.25, 0.3) is 0 Å². The van der Waals surface area contributed by atoms with Gasteiger partial charge in [-0.25, -0.2) is 4.98 Å². The quantitative estimate of drug-likeness (QED) is 0.683. The predicted molar refractivity (Wildman–Crippen MR) is 76.2 cm³/mol. The van der Waals surface area contributed by atoms with Crippen molar-refractivity contribution in [1.29, 1.82) is 0 Å². The van der Waals surface area contributed by atoms with Gasteiger partial charge in [0.05, 0.1) is 5.75 Å². The maximum absolute atomic E-state index is 12.0. The molecular weight excluding hydrogens is 274 g/mol. The minimum Gasteiger partial charge on any atom is -0.461 e. The number of esters is 1. The Morgan fingerprint density at radius 3 is 2.90 bits per heavy atom.